The van der Waals surface area contributed by atoms with Gasteiger partial charge in [0.1, 0.15) is 5.75 Å². The van der Waals surface area contributed by atoms with Crippen LogP contribution in [0.3, 0.4) is 0 Å². The number of para-hydroxylation sites is 1. The summed E-state index contributed by atoms with van der Waals surface area (Å²) in [6.45, 7) is 4.95. The van der Waals surface area contributed by atoms with Gasteiger partial charge in [-0.3, -0.25) is 5.43 Å². The van der Waals surface area contributed by atoms with Gasteiger partial charge in [-0.2, -0.15) is 5.10 Å². The van der Waals surface area contributed by atoms with Crippen LogP contribution in [0.5, 0.6) is 5.75 Å². The standard InChI is InChI=1S/C21H23N3OS/c1-3-4-14-25-19-13-9-8-12-18(19)15-22-24-21-23-20(16(2)26-21)17-10-6-5-7-11-17/h5-13,15H,3-4,14H2,1-2H3,(H,23,24)/b22-15-. The largest absolute Gasteiger partial charge is 0.493 e. The van der Waals surface area contributed by atoms with Crippen LogP contribution in [0.2, 0.25) is 0 Å². The van der Waals surface area contributed by atoms with E-state index in [2.05, 4.69) is 41.5 Å². The van der Waals surface area contributed by atoms with Gasteiger partial charge in [0.05, 0.1) is 18.5 Å². The van der Waals surface area contributed by atoms with E-state index in [4.69, 9.17) is 4.74 Å². The van der Waals surface area contributed by atoms with Crippen molar-refractivity contribution in [2.24, 2.45) is 5.10 Å². The highest BCUT2D eigenvalue weighted by atomic mass is 32.1. The minimum absolute atomic E-state index is 0.723. The molecular weight excluding hydrogens is 342 g/mol. The van der Waals surface area contributed by atoms with Crippen LogP contribution in [0.4, 0.5) is 5.13 Å². The number of hydrogen-bond acceptors (Lipinski definition) is 5. The summed E-state index contributed by atoms with van der Waals surface area (Å²) in [5.74, 6) is 0.854. The third kappa shape index (κ3) is 4.70. The van der Waals surface area contributed by atoms with Crippen LogP contribution in [-0.2, 0) is 0 Å². The molecule has 0 fully saturated rings. The van der Waals surface area contributed by atoms with Crippen LogP contribution in [0.15, 0.2) is 59.7 Å². The minimum Gasteiger partial charge on any atom is -0.493 e. The number of hydrazone groups is 1. The molecule has 1 heterocycles. The molecule has 1 N–H and O–H groups in total. The van der Waals surface area contributed by atoms with E-state index in [-0.39, 0.29) is 0 Å². The number of unbranched alkanes of at least 4 members (excludes halogenated alkanes) is 1. The van der Waals surface area contributed by atoms with Gasteiger partial charge in [0.2, 0.25) is 5.13 Å². The molecule has 26 heavy (non-hydrogen) atoms. The second-order valence-corrected chi connectivity index (χ2v) is 7.10. The molecule has 0 saturated heterocycles. The van der Waals surface area contributed by atoms with E-state index in [9.17, 15) is 0 Å². The Morgan fingerprint density at radius 2 is 1.88 bits per heavy atom. The first-order valence-corrected chi connectivity index (χ1v) is 9.63. The van der Waals surface area contributed by atoms with E-state index in [1.807, 2.05) is 42.5 Å². The third-order valence-electron chi connectivity index (χ3n) is 3.88. The molecule has 0 atom stereocenters. The molecule has 0 spiro atoms. The second-order valence-electron chi connectivity index (χ2n) is 5.90. The monoisotopic (exact) mass is 365 g/mol. The lowest BCUT2D eigenvalue weighted by molar-refractivity contribution is 0.309. The highest BCUT2D eigenvalue weighted by Gasteiger charge is 2.09. The van der Waals surface area contributed by atoms with Crippen LogP contribution in [-0.4, -0.2) is 17.8 Å². The first-order valence-electron chi connectivity index (χ1n) is 8.81. The van der Waals surface area contributed by atoms with Gasteiger partial charge >= 0.3 is 0 Å². The van der Waals surface area contributed by atoms with E-state index < -0.39 is 0 Å². The zero-order valence-electron chi connectivity index (χ0n) is 15.1. The summed E-state index contributed by atoms with van der Waals surface area (Å²) in [7, 11) is 0. The lowest BCUT2D eigenvalue weighted by Crippen LogP contribution is -2.00. The molecule has 0 radical (unpaired) electrons. The van der Waals surface area contributed by atoms with E-state index in [1.54, 1.807) is 17.6 Å². The summed E-state index contributed by atoms with van der Waals surface area (Å²) in [4.78, 5) is 5.82. The molecule has 0 aliphatic carbocycles. The predicted molar refractivity (Wildman–Crippen MR) is 110 cm³/mol. The molecule has 0 amide bonds. The van der Waals surface area contributed by atoms with Crippen molar-refractivity contribution in [1.82, 2.24) is 4.98 Å². The molecule has 0 unspecified atom stereocenters. The van der Waals surface area contributed by atoms with Crippen LogP contribution in [0.1, 0.15) is 30.2 Å². The van der Waals surface area contributed by atoms with Crippen LogP contribution in [0, 0.1) is 6.92 Å². The summed E-state index contributed by atoms with van der Waals surface area (Å²) < 4.78 is 5.83. The van der Waals surface area contributed by atoms with E-state index >= 15 is 0 Å². The maximum absolute atomic E-state index is 5.83. The Kier molecular flexibility index (Phi) is 6.39. The van der Waals surface area contributed by atoms with Gasteiger partial charge in [0, 0.05) is 16.0 Å². The Balaban J connectivity index is 1.68. The fourth-order valence-electron chi connectivity index (χ4n) is 2.51. The molecule has 4 nitrogen and oxygen atoms in total. The Hall–Kier alpha value is -2.66. The fraction of sp³-hybridized carbons (Fsp3) is 0.238. The van der Waals surface area contributed by atoms with Crippen LogP contribution >= 0.6 is 11.3 Å². The van der Waals surface area contributed by atoms with Crippen molar-refractivity contribution in [3.63, 3.8) is 0 Å². The van der Waals surface area contributed by atoms with Gasteiger partial charge in [-0.05, 0) is 25.5 Å². The van der Waals surface area contributed by atoms with Crippen molar-refractivity contribution >= 4 is 22.7 Å². The number of anilines is 1. The van der Waals surface area contributed by atoms with Crippen molar-refractivity contribution in [2.75, 3.05) is 12.0 Å². The number of rotatable bonds is 8. The van der Waals surface area contributed by atoms with Crippen molar-refractivity contribution in [3.8, 4) is 17.0 Å². The molecule has 5 heteroatoms. The number of nitrogens with zero attached hydrogens (tertiary/aromatic N) is 2. The zero-order chi connectivity index (χ0) is 18.2. The first kappa shape index (κ1) is 18.1. The summed E-state index contributed by atoms with van der Waals surface area (Å²) in [6, 6.07) is 18.1. The third-order valence-corrected chi connectivity index (χ3v) is 4.76. The fourth-order valence-corrected chi connectivity index (χ4v) is 3.30. The number of aryl methyl sites for hydroxylation is 1. The van der Waals surface area contributed by atoms with Gasteiger partial charge in [-0.1, -0.05) is 55.8 Å². The number of aromatic nitrogens is 1. The van der Waals surface area contributed by atoms with E-state index in [1.165, 1.54) is 0 Å². The van der Waals surface area contributed by atoms with Crippen LogP contribution in [0.25, 0.3) is 11.3 Å². The molecule has 0 bridgehead atoms. The van der Waals surface area contributed by atoms with Crippen molar-refractivity contribution in [3.05, 3.63) is 65.0 Å². The molecule has 3 rings (SSSR count). The average molecular weight is 366 g/mol. The lowest BCUT2D eigenvalue weighted by atomic mass is 10.1. The van der Waals surface area contributed by atoms with Gasteiger partial charge in [0.25, 0.3) is 0 Å². The number of nitrogens with one attached hydrogen (secondary N) is 1. The smallest absolute Gasteiger partial charge is 0.204 e. The Bertz CT molecular complexity index is 859. The SMILES string of the molecule is CCCCOc1ccccc1/C=N\Nc1nc(-c2ccccc2)c(C)s1. The first-order chi connectivity index (χ1) is 12.8. The van der Waals surface area contributed by atoms with Crippen molar-refractivity contribution in [2.45, 2.75) is 26.7 Å². The molecule has 1 aromatic heterocycles. The highest BCUT2D eigenvalue weighted by molar-refractivity contribution is 7.15. The van der Waals surface area contributed by atoms with Gasteiger partial charge in [-0.15, -0.1) is 11.3 Å². The van der Waals surface area contributed by atoms with Gasteiger partial charge < -0.3 is 4.74 Å². The quantitative estimate of drug-likeness (QED) is 0.314. The van der Waals surface area contributed by atoms with E-state index in [0.29, 0.717) is 0 Å². The molecular formula is C21H23N3OS. The average Bonchev–Trinajstić information content (AvgIpc) is 3.04. The molecule has 0 aliphatic heterocycles. The zero-order valence-corrected chi connectivity index (χ0v) is 15.9. The predicted octanol–water partition coefficient (Wildman–Crippen LogP) is 5.74. The number of hydrogen-bond donors (Lipinski definition) is 1. The highest BCUT2D eigenvalue weighted by Crippen LogP contribution is 2.30. The lowest BCUT2D eigenvalue weighted by Gasteiger charge is -2.07. The maximum atomic E-state index is 5.83. The van der Waals surface area contributed by atoms with Crippen molar-refractivity contribution in [1.29, 1.82) is 0 Å². The molecule has 0 saturated carbocycles. The maximum Gasteiger partial charge on any atom is 0.204 e. The topological polar surface area (TPSA) is 46.5 Å². The number of benzene rings is 2. The number of ether oxygens (including phenoxy) is 1. The summed E-state index contributed by atoms with van der Waals surface area (Å²) in [5, 5.41) is 5.12. The summed E-state index contributed by atoms with van der Waals surface area (Å²) in [5.41, 5.74) is 6.11. The molecule has 134 valence electrons. The summed E-state index contributed by atoms with van der Waals surface area (Å²) >= 11 is 1.60. The van der Waals surface area contributed by atoms with Crippen LogP contribution < -0.4 is 10.2 Å². The molecule has 3 aromatic rings. The normalized spacial score (nSPS) is 11.0. The second kappa shape index (κ2) is 9.15. The van der Waals surface area contributed by atoms with E-state index in [0.717, 1.165) is 52.0 Å². The Labute approximate surface area is 158 Å². The molecule has 0 aliphatic rings. The molecule has 2 aromatic carbocycles. The number of thiazole rings is 1. The van der Waals surface area contributed by atoms with Gasteiger partial charge in [-0.25, -0.2) is 4.98 Å². The van der Waals surface area contributed by atoms with Gasteiger partial charge in [0.15, 0.2) is 0 Å². The Morgan fingerprint density at radius 3 is 2.69 bits per heavy atom. The minimum atomic E-state index is 0.723. The van der Waals surface area contributed by atoms with Crippen molar-refractivity contribution < 1.29 is 4.74 Å². The summed E-state index contributed by atoms with van der Waals surface area (Å²) in [6.07, 6.45) is 3.94. The Morgan fingerprint density at radius 1 is 1.12 bits per heavy atom.